The number of rotatable bonds is 8. The number of sulfone groups is 1. The number of carbonyl (C=O) groups is 1. The summed E-state index contributed by atoms with van der Waals surface area (Å²) in [6, 6.07) is 3.90. The maximum absolute atomic E-state index is 12.3. The third kappa shape index (κ3) is 4.44. The van der Waals surface area contributed by atoms with E-state index >= 15 is 0 Å². The van der Waals surface area contributed by atoms with Crippen LogP contribution in [-0.4, -0.2) is 56.9 Å². The summed E-state index contributed by atoms with van der Waals surface area (Å²) in [5, 5.41) is 9.10. The fraction of sp³-hybridized carbons (Fsp3) is 0.500. The molecule has 0 unspecified atom stereocenters. The lowest BCUT2D eigenvalue weighted by molar-refractivity contribution is 0.0693. The van der Waals surface area contributed by atoms with Crippen molar-refractivity contribution in [2.45, 2.75) is 18.7 Å². The monoisotopic (exact) mass is 315 g/mol. The smallest absolute Gasteiger partial charge is 0.339 e. The molecule has 0 atom stereocenters. The van der Waals surface area contributed by atoms with Gasteiger partial charge in [-0.25, -0.2) is 13.2 Å². The molecule has 7 heteroatoms. The van der Waals surface area contributed by atoms with Gasteiger partial charge in [0.2, 0.25) is 0 Å². The molecule has 0 saturated carbocycles. The minimum atomic E-state index is -3.52. The number of carboxylic acids is 1. The molecule has 0 amide bonds. The van der Waals surface area contributed by atoms with Crippen molar-refractivity contribution in [1.29, 1.82) is 0 Å². The molecule has 0 aliphatic rings. The zero-order valence-corrected chi connectivity index (χ0v) is 13.3. The summed E-state index contributed by atoms with van der Waals surface area (Å²) in [7, 11) is -2.17. The molecule has 1 aromatic carbocycles. The van der Waals surface area contributed by atoms with Crippen LogP contribution in [0.5, 0.6) is 5.75 Å². The summed E-state index contributed by atoms with van der Waals surface area (Å²) in [5.41, 5.74) is -0.151. The number of methoxy groups -OCH3 is 1. The van der Waals surface area contributed by atoms with Gasteiger partial charge in [0.1, 0.15) is 11.3 Å². The fourth-order valence-corrected chi connectivity index (χ4v) is 3.26. The quantitative estimate of drug-likeness (QED) is 0.783. The Morgan fingerprint density at radius 3 is 2.38 bits per heavy atom. The minimum absolute atomic E-state index is 0.00727. The Labute approximate surface area is 125 Å². The van der Waals surface area contributed by atoms with Crippen molar-refractivity contribution in [3.8, 4) is 5.75 Å². The van der Waals surface area contributed by atoms with E-state index in [1.807, 2.05) is 18.7 Å². The van der Waals surface area contributed by atoms with Crippen LogP contribution < -0.4 is 4.74 Å². The van der Waals surface area contributed by atoms with Crippen molar-refractivity contribution in [2.24, 2.45) is 0 Å². The van der Waals surface area contributed by atoms with Crippen LogP contribution in [0.4, 0.5) is 0 Å². The summed E-state index contributed by atoms with van der Waals surface area (Å²) in [4.78, 5) is 13.1. The number of nitrogens with zero attached hydrogens (tertiary/aromatic N) is 1. The lowest BCUT2D eigenvalue weighted by atomic mass is 10.2. The molecule has 0 aliphatic carbocycles. The first-order chi connectivity index (χ1) is 9.85. The number of benzene rings is 1. The van der Waals surface area contributed by atoms with Crippen molar-refractivity contribution < 1.29 is 23.1 Å². The molecule has 21 heavy (non-hydrogen) atoms. The maximum Gasteiger partial charge on any atom is 0.339 e. The molecule has 0 aromatic heterocycles. The summed E-state index contributed by atoms with van der Waals surface area (Å²) in [6.07, 6.45) is 0. The van der Waals surface area contributed by atoms with E-state index in [0.29, 0.717) is 6.54 Å². The van der Waals surface area contributed by atoms with Gasteiger partial charge in [-0.1, -0.05) is 13.8 Å². The van der Waals surface area contributed by atoms with E-state index in [1.54, 1.807) is 0 Å². The molecule has 0 heterocycles. The highest BCUT2D eigenvalue weighted by atomic mass is 32.2. The van der Waals surface area contributed by atoms with Crippen LogP contribution in [0, 0.1) is 0 Å². The highest BCUT2D eigenvalue weighted by Gasteiger charge is 2.20. The van der Waals surface area contributed by atoms with Crippen LogP contribution in [0.25, 0.3) is 0 Å². The molecule has 0 radical (unpaired) electrons. The standard InChI is InChI=1S/C14H21NO5S/c1-4-15(5-2)8-9-21(18,19)11-6-7-13(20-3)12(10-11)14(16)17/h6-7,10H,4-5,8-9H2,1-3H3,(H,16,17). The first kappa shape index (κ1) is 17.5. The Kier molecular flexibility index (Phi) is 6.17. The molecular formula is C14H21NO5S. The highest BCUT2D eigenvalue weighted by molar-refractivity contribution is 7.91. The van der Waals surface area contributed by atoms with Gasteiger partial charge in [-0.3, -0.25) is 0 Å². The average Bonchev–Trinajstić information content (AvgIpc) is 2.47. The lowest BCUT2D eigenvalue weighted by Crippen LogP contribution is -2.29. The summed E-state index contributed by atoms with van der Waals surface area (Å²) < 4.78 is 29.5. The number of hydrogen-bond donors (Lipinski definition) is 1. The molecular weight excluding hydrogens is 294 g/mol. The molecule has 1 N–H and O–H groups in total. The summed E-state index contributed by atoms with van der Waals surface area (Å²) >= 11 is 0. The van der Waals surface area contributed by atoms with Gasteiger partial charge >= 0.3 is 5.97 Å². The second-order valence-electron chi connectivity index (χ2n) is 4.51. The predicted octanol–water partition coefficient (Wildman–Crippen LogP) is 1.51. The van der Waals surface area contributed by atoms with Gasteiger partial charge in [0, 0.05) is 6.54 Å². The topological polar surface area (TPSA) is 83.9 Å². The second kappa shape index (κ2) is 7.42. The summed E-state index contributed by atoms with van der Waals surface area (Å²) in [6.45, 7) is 5.89. The van der Waals surface area contributed by atoms with Gasteiger partial charge in [0.05, 0.1) is 17.8 Å². The highest BCUT2D eigenvalue weighted by Crippen LogP contribution is 2.23. The molecule has 0 saturated heterocycles. The van der Waals surface area contributed by atoms with E-state index in [1.165, 1.54) is 19.2 Å². The van der Waals surface area contributed by atoms with Crippen molar-refractivity contribution in [3.05, 3.63) is 23.8 Å². The van der Waals surface area contributed by atoms with E-state index in [4.69, 9.17) is 9.84 Å². The fourth-order valence-electron chi connectivity index (χ4n) is 1.95. The van der Waals surface area contributed by atoms with Gasteiger partial charge in [0.15, 0.2) is 9.84 Å². The van der Waals surface area contributed by atoms with Gasteiger partial charge in [-0.15, -0.1) is 0 Å². The Balaban J connectivity index is 3.03. The van der Waals surface area contributed by atoms with Crippen molar-refractivity contribution >= 4 is 15.8 Å². The first-order valence-electron chi connectivity index (χ1n) is 6.72. The number of hydrogen-bond acceptors (Lipinski definition) is 5. The van der Waals surface area contributed by atoms with E-state index in [-0.39, 0.29) is 22.0 Å². The summed E-state index contributed by atoms with van der Waals surface area (Å²) in [5.74, 6) is -1.11. The van der Waals surface area contributed by atoms with Gasteiger partial charge in [-0.2, -0.15) is 0 Å². The van der Waals surface area contributed by atoms with Crippen LogP contribution in [0.15, 0.2) is 23.1 Å². The second-order valence-corrected chi connectivity index (χ2v) is 6.62. The number of ether oxygens (including phenoxy) is 1. The van der Waals surface area contributed by atoms with Gasteiger partial charge in [0.25, 0.3) is 0 Å². The van der Waals surface area contributed by atoms with Crippen molar-refractivity contribution in [1.82, 2.24) is 4.90 Å². The molecule has 6 nitrogen and oxygen atoms in total. The lowest BCUT2D eigenvalue weighted by Gasteiger charge is -2.17. The molecule has 0 fully saturated rings. The number of carboxylic acid groups (broad SMARTS) is 1. The third-order valence-corrected chi connectivity index (χ3v) is 5.02. The zero-order chi connectivity index (χ0) is 16.0. The minimum Gasteiger partial charge on any atom is -0.496 e. The van der Waals surface area contributed by atoms with Crippen LogP contribution in [0.2, 0.25) is 0 Å². The Bertz CT molecular complexity index is 593. The van der Waals surface area contributed by atoms with E-state index in [0.717, 1.165) is 19.2 Å². The van der Waals surface area contributed by atoms with Gasteiger partial charge in [-0.05, 0) is 31.3 Å². The van der Waals surface area contributed by atoms with Crippen LogP contribution in [0.3, 0.4) is 0 Å². The van der Waals surface area contributed by atoms with E-state index in [2.05, 4.69) is 0 Å². The molecule has 1 rings (SSSR count). The predicted molar refractivity (Wildman–Crippen MR) is 79.8 cm³/mol. The van der Waals surface area contributed by atoms with Crippen LogP contribution >= 0.6 is 0 Å². The SMILES string of the molecule is CCN(CC)CCS(=O)(=O)c1ccc(OC)c(C(=O)O)c1. The van der Waals surface area contributed by atoms with Crippen LogP contribution in [-0.2, 0) is 9.84 Å². The van der Waals surface area contributed by atoms with Crippen LogP contribution in [0.1, 0.15) is 24.2 Å². The van der Waals surface area contributed by atoms with Crippen molar-refractivity contribution in [3.63, 3.8) is 0 Å². The normalized spacial score (nSPS) is 11.6. The molecule has 0 aliphatic heterocycles. The average molecular weight is 315 g/mol. The Morgan fingerprint density at radius 1 is 1.29 bits per heavy atom. The Hall–Kier alpha value is -1.60. The molecule has 1 aromatic rings. The Morgan fingerprint density at radius 2 is 1.90 bits per heavy atom. The zero-order valence-electron chi connectivity index (χ0n) is 12.5. The largest absolute Gasteiger partial charge is 0.496 e. The van der Waals surface area contributed by atoms with Gasteiger partial charge < -0.3 is 14.7 Å². The maximum atomic E-state index is 12.3. The van der Waals surface area contributed by atoms with E-state index < -0.39 is 15.8 Å². The first-order valence-corrected chi connectivity index (χ1v) is 8.37. The molecule has 118 valence electrons. The van der Waals surface area contributed by atoms with E-state index in [9.17, 15) is 13.2 Å². The molecule has 0 bridgehead atoms. The van der Waals surface area contributed by atoms with Crippen molar-refractivity contribution in [2.75, 3.05) is 32.5 Å². The number of aromatic carboxylic acids is 1. The molecule has 0 spiro atoms. The third-order valence-electron chi connectivity index (χ3n) is 3.33.